The van der Waals surface area contributed by atoms with Gasteiger partial charge in [-0.05, 0) is 13.0 Å². The summed E-state index contributed by atoms with van der Waals surface area (Å²) < 4.78 is 24.9. The van der Waals surface area contributed by atoms with E-state index in [4.69, 9.17) is 20.9 Å². The molecule has 3 aromatic rings. The lowest BCUT2D eigenvalue weighted by atomic mass is 9.95. The van der Waals surface area contributed by atoms with Gasteiger partial charge >= 0.3 is 0 Å². The van der Waals surface area contributed by atoms with Gasteiger partial charge in [-0.15, -0.1) is 0 Å². The van der Waals surface area contributed by atoms with E-state index in [0.29, 0.717) is 33.4 Å². The summed E-state index contributed by atoms with van der Waals surface area (Å²) in [6.07, 6.45) is 0. The van der Waals surface area contributed by atoms with Gasteiger partial charge in [0.2, 0.25) is 5.95 Å². The fraction of sp³-hybridized carbons (Fsp3) is 0.235. The van der Waals surface area contributed by atoms with Crippen LogP contribution < -0.4 is 11.5 Å². The summed E-state index contributed by atoms with van der Waals surface area (Å²) in [5.74, 6) is -0.236. The minimum absolute atomic E-state index is 0.0137. The zero-order valence-electron chi connectivity index (χ0n) is 13.9. The molecule has 4 N–H and O–H groups in total. The van der Waals surface area contributed by atoms with Gasteiger partial charge in [-0.1, -0.05) is 18.2 Å². The third-order valence-corrected chi connectivity index (χ3v) is 3.79. The number of halogens is 1. The molecular weight excluding hydrogens is 325 g/mol. The van der Waals surface area contributed by atoms with Crippen LogP contribution in [0.15, 0.2) is 24.3 Å². The number of benzene rings is 1. The molecule has 1 aromatic carbocycles. The summed E-state index contributed by atoms with van der Waals surface area (Å²) in [7, 11) is 1.53. The topological polar surface area (TPSA) is 109 Å². The number of pyridine rings is 1. The second-order valence-electron chi connectivity index (χ2n) is 5.45. The number of nitrogens with two attached hydrogens (primary N) is 2. The zero-order valence-corrected chi connectivity index (χ0v) is 13.9. The van der Waals surface area contributed by atoms with Gasteiger partial charge in [0.1, 0.15) is 18.4 Å². The van der Waals surface area contributed by atoms with Crippen LogP contribution in [0.25, 0.3) is 22.2 Å². The number of hydrogen-bond donors (Lipinski definition) is 2. The Kier molecular flexibility index (Phi) is 4.73. The number of aryl methyl sites for hydroxylation is 1. The van der Waals surface area contributed by atoms with Crippen molar-refractivity contribution in [2.24, 2.45) is 0 Å². The maximum Gasteiger partial charge on any atom is 0.224 e. The molecule has 0 amide bonds. The van der Waals surface area contributed by atoms with E-state index in [9.17, 15) is 4.39 Å². The highest BCUT2D eigenvalue weighted by Gasteiger charge is 2.21. The second-order valence-corrected chi connectivity index (χ2v) is 5.45. The molecule has 0 aliphatic heterocycles. The summed E-state index contributed by atoms with van der Waals surface area (Å²) in [5.41, 5.74) is 14.3. The number of ether oxygens (including phenoxy) is 2. The number of fused-ring (bicyclic) bond motifs is 1. The third kappa shape index (κ3) is 3.21. The van der Waals surface area contributed by atoms with Gasteiger partial charge in [-0.2, -0.15) is 9.97 Å². The second kappa shape index (κ2) is 6.96. The largest absolute Gasteiger partial charge is 0.383 e. The number of anilines is 2. The Morgan fingerprint density at radius 2 is 1.88 bits per heavy atom. The van der Waals surface area contributed by atoms with Gasteiger partial charge in [0.25, 0.3) is 0 Å². The van der Waals surface area contributed by atoms with E-state index in [1.165, 1.54) is 13.2 Å². The number of nitrogens with zero attached hydrogens (tertiary/aromatic N) is 3. The number of hydrogen-bond acceptors (Lipinski definition) is 7. The Morgan fingerprint density at radius 3 is 2.60 bits per heavy atom. The Hall–Kier alpha value is -2.84. The van der Waals surface area contributed by atoms with E-state index in [1.807, 2.05) is 0 Å². The molecule has 0 bridgehead atoms. The minimum atomic E-state index is -0.390. The van der Waals surface area contributed by atoms with Crippen LogP contribution in [-0.2, 0) is 16.1 Å². The molecule has 7 nitrogen and oxygen atoms in total. The predicted octanol–water partition coefficient (Wildman–Crippen LogP) is 2.42. The maximum absolute atomic E-state index is 14.5. The van der Waals surface area contributed by atoms with Crippen LogP contribution in [0.2, 0.25) is 0 Å². The lowest BCUT2D eigenvalue weighted by Crippen LogP contribution is -2.08. The third-order valence-electron chi connectivity index (χ3n) is 3.79. The molecule has 0 aliphatic carbocycles. The molecule has 0 atom stereocenters. The first-order chi connectivity index (χ1) is 12.0. The van der Waals surface area contributed by atoms with Crippen molar-refractivity contribution in [2.75, 3.05) is 25.4 Å². The van der Waals surface area contributed by atoms with Crippen LogP contribution in [-0.4, -0.2) is 28.9 Å². The van der Waals surface area contributed by atoms with E-state index < -0.39 is 5.82 Å². The highest BCUT2D eigenvalue weighted by atomic mass is 19.1. The first-order valence-corrected chi connectivity index (χ1v) is 7.56. The zero-order chi connectivity index (χ0) is 18.0. The van der Waals surface area contributed by atoms with Gasteiger partial charge in [0.05, 0.1) is 12.0 Å². The molecule has 2 heterocycles. The van der Waals surface area contributed by atoms with Crippen molar-refractivity contribution in [2.45, 2.75) is 13.5 Å². The van der Waals surface area contributed by atoms with Crippen LogP contribution in [0, 0.1) is 12.7 Å². The van der Waals surface area contributed by atoms with Crippen LogP contribution in [0.5, 0.6) is 0 Å². The average Bonchev–Trinajstić information content (AvgIpc) is 2.56. The predicted molar refractivity (Wildman–Crippen MR) is 93.0 cm³/mol. The normalized spacial score (nSPS) is 11.2. The molecule has 8 heteroatoms. The summed E-state index contributed by atoms with van der Waals surface area (Å²) in [4.78, 5) is 12.6. The van der Waals surface area contributed by atoms with Crippen molar-refractivity contribution in [3.05, 3.63) is 41.3 Å². The Labute approximate surface area is 143 Å². The molecule has 0 saturated carbocycles. The monoisotopic (exact) mass is 343 g/mol. The van der Waals surface area contributed by atoms with E-state index in [1.54, 1.807) is 25.1 Å². The number of rotatable bonds is 5. The molecule has 0 fully saturated rings. The molecule has 0 spiro atoms. The summed E-state index contributed by atoms with van der Waals surface area (Å²) in [6, 6.07) is 6.41. The molecular formula is C17H18FN5O2. The van der Waals surface area contributed by atoms with Crippen molar-refractivity contribution < 1.29 is 13.9 Å². The Morgan fingerprint density at radius 1 is 1.12 bits per heavy atom. The number of nitrogen functional groups attached to an aromatic ring is 2. The Balaban J connectivity index is 2.35. The average molecular weight is 343 g/mol. The number of aromatic nitrogens is 3. The van der Waals surface area contributed by atoms with Gasteiger partial charge in [0.15, 0.2) is 5.65 Å². The number of methoxy groups -OCH3 is 1. The Bertz CT molecular complexity index is 933. The van der Waals surface area contributed by atoms with E-state index in [2.05, 4.69) is 15.0 Å². The van der Waals surface area contributed by atoms with Gasteiger partial charge in [-0.3, -0.25) is 0 Å². The molecule has 130 valence electrons. The smallest absolute Gasteiger partial charge is 0.224 e. The first-order valence-electron chi connectivity index (χ1n) is 7.56. The van der Waals surface area contributed by atoms with Crippen molar-refractivity contribution in [3.63, 3.8) is 0 Å². The van der Waals surface area contributed by atoms with E-state index in [0.717, 1.165) is 0 Å². The molecule has 25 heavy (non-hydrogen) atoms. The molecule has 0 radical (unpaired) electrons. The van der Waals surface area contributed by atoms with Crippen molar-refractivity contribution in [1.82, 2.24) is 15.0 Å². The van der Waals surface area contributed by atoms with Crippen molar-refractivity contribution in [1.29, 1.82) is 0 Å². The van der Waals surface area contributed by atoms with Crippen molar-refractivity contribution >= 4 is 22.8 Å². The molecule has 2 aromatic heterocycles. The SMILES string of the molecule is COCOCc1c(C)nc2nc(N)nc(N)c2c1-c1ccccc1F. The molecule has 0 aliphatic rings. The lowest BCUT2D eigenvalue weighted by molar-refractivity contribution is -0.0391. The summed E-state index contributed by atoms with van der Waals surface area (Å²) in [5, 5.41) is 0.445. The van der Waals surface area contributed by atoms with Crippen molar-refractivity contribution in [3.8, 4) is 11.1 Å². The minimum Gasteiger partial charge on any atom is -0.383 e. The summed E-state index contributed by atoms with van der Waals surface area (Å²) in [6.45, 7) is 2.07. The highest BCUT2D eigenvalue weighted by molar-refractivity contribution is 6.01. The van der Waals surface area contributed by atoms with E-state index >= 15 is 0 Å². The fourth-order valence-electron chi connectivity index (χ4n) is 2.73. The van der Waals surface area contributed by atoms with E-state index in [-0.39, 0.29) is 25.2 Å². The van der Waals surface area contributed by atoms with Gasteiger partial charge < -0.3 is 20.9 Å². The fourth-order valence-corrected chi connectivity index (χ4v) is 2.73. The van der Waals surface area contributed by atoms with Crippen LogP contribution in [0.1, 0.15) is 11.3 Å². The van der Waals surface area contributed by atoms with Gasteiger partial charge in [0, 0.05) is 29.5 Å². The van der Waals surface area contributed by atoms with Crippen LogP contribution in [0.3, 0.4) is 0 Å². The van der Waals surface area contributed by atoms with Crippen LogP contribution >= 0.6 is 0 Å². The lowest BCUT2D eigenvalue weighted by Gasteiger charge is -2.17. The standard InChI is InChI=1S/C17H18FN5O2/c1-9-11(7-25-8-24-2)13(10-5-3-4-6-12(10)18)14-15(19)22-17(20)23-16(14)21-9/h3-6H,7-8H2,1-2H3,(H4,19,20,21,22,23). The summed E-state index contributed by atoms with van der Waals surface area (Å²) >= 11 is 0. The van der Waals surface area contributed by atoms with Crippen LogP contribution in [0.4, 0.5) is 16.2 Å². The molecule has 0 saturated heterocycles. The first kappa shape index (κ1) is 17.0. The quantitative estimate of drug-likeness (QED) is 0.541. The molecule has 0 unspecified atom stereocenters. The molecule has 3 rings (SSSR count). The van der Waals surface area contributed by atoms with Gasteiger partial charge in [-0.25, -0.2) is 9.37 Å². The highest BCUT2D eigenvalue weighted by Crippen LogP contribution is 2.36. The maximum atomic E-state index is 14.5.